The number of rotatable bonds is 5. The maximum absolute atomic E-state index is 12.8. The van der Waals surface area contributed by atoms with E-state index >= 15 is 0 Å². The largest absolute Gasteiger partial charge is 0.347 e. The zero-order chi connectivity index (χ0) is 21.3. The molecule has 1 aliphatic carbocycles. The van der Waals surface area contributed by atoms with Crippen LogP contribution in [0.5, 0.6) is 0 Å². The van der Waals surface area contributed by atoms with Crippen LogP contribution in [0.25, 0.3) is 0 Å². The van der Waals surface area contributed by atoms with Gasteiger partial charge in [0, 0.05) is 0 Å². The Morgan fingerprint density at radius 1 is 1.03 bits per heavy atom. The van der Waals surface area contributed by atoms with E-state index in [2.05, 4.69) is 64.2 Å². The van der Waals surface area contributed by atoms with Crippen molar-refractivity contribution in [2.75, 3.05) is 6.54 Å². The predicted octanol–water partition coefficient (Wildman–Crippen LogP) is 3.97. The lowest BCUT2D eigenvalue weighted by atomic mass is 9.81. The molecule has 29 heavy (non-hydrogen) atoms. The van der Waals surface area contributed by atoms with E-state index in [9.17, 15) is 14.4 Å². The SMILES string of the molecule is CC(C)C(NC(=O)CN1C(=O)C2CCCCC2C1=O)c1ccc(C(C)(C)C)cc1. The molecular formula is C24H34N2O3. The van der Waals surface area contributed by atoms with E-state index in [-0.39, 0.29) is 53.5 Å². The number of hydrogen-bond acceptors (Lipinski definition) is 3. The van der Waals surface area contributed by atoms with Gasteiger partial charge in [-0.15, -0.1) is 0 Å². The molecule has 0 spiro atoms. The van der Waals surface area contributed by atoms with E-state index in [4.69, 9.17) is 0 Å². The van der Waals surface area contributed by atoms with Crippen LogP contribution in [0.1, 0.15) is 77.5 Å². The molecule has 2 fully saturated rings. The van der Waals surface area contributed by atoms with Crippen molar-refractivity contribution in [3.63, 3.8) is 0 Å². The summed E-state index contributed by atoms with van der Waals surface area (Å²) in [6, 6.07) is 8.18. The average molecular weight is 399 g/mol. The van der Waals surface area contributed by atoms with E-state index in [1.165, 1.54) is 10.5 Å². The first-order chi connectivity index (χ1) is 13.6. The van der Waals surface area contributed by atoms with Crippen LogP contribution in [0.3, 0.4) is 0 Å². The van der Waals surface area contributed by atoms with Crippen molar-refractivity contribution in [1.29, 1.82) is 0 Å². The van der Waals surface area contributed by atoms with E-state index in [0.717, 1.165) is 31.2 Å². The van der Waals surface area contributed by atoms with Gasteiger partial charge in [0.05, 0.1) is 17.9 Å². The summed E-state index contributed by atoms with van der Waals surface area (Å²) in [4.78, 5) is 39.2. The summed E-state index contributed by atoms with van der Waals surface area (Å²) in [7, 11) is 0. The highest BCUT2D eigenvalue weighted by atomic mass is 16.2. The number of benzene rings is 1. The Kier molecular flexibility index (Phi) is 6.16. The molecule has 5 heteroatoms. The Balaban J connectivity index is 1.69. The minimum atomic E-state index is -0.274. The molecule has 1 heterocycles. The lowest BCUT2D eigenvalue weighted by Gasteiger charge is -2.26. The highest BCUT2D eigenvalue weighted by Crippen LogP contribution is 2.38. The highest BCUT2D eigenvalue weighted by molar-refractivity contribution is 6.07. The molecular weight excluding hydrogens is 364 g/mol. The topological polar surface area (TPSA) is 66.5 Å². The van der Waals surface area contributed by atoms with E-state index in [0.29, 0.717) is 0 Å². The Bertz CT molecular complexity index is 752. The van der Waals surface area contributed by atoms with Crippen molar-refractivity contribution in [3.8, 4) is 0 Å². The number of amides is 3. The Morgan fingerprint density at radius 3 is 2.00 bits per heavy atom. The molecule has 1 saturated carbocycles. The molecule has 3 atom stereocenters. The molecule has 158 valence electrons. The van der Waals surface area contributed by atoms with Crippen molar-refractivity contribution < 1.29 is 14.4 Å². The van der Waals surface area contributed by atoms with Gasteiger partial charge >= 0.3 is 0 Å². The zero-order valence-electron chi connectivity index (χ0n) is 18.3. The monoisotopic (exact) mass is 398 g/mol. The Hall–Kier alpha value is -2.17. The summed E-state index contributed by atoms with van der Waals surface area (Å²) in [5, 5.41) is 3.06. The van der Waals surface area contributed by atoms with Gasteiger partial charge < -0.3 is 5.32 Å². The standard InChI is InChI=1S/C24H34N2O3/c1-15(2)21(16-10-12-17(13-11-16)24(3,4)5)25-20(27)14-26-22(28)18-8-6-7-9-19(18)23(26)29/h10-13,15,18-19,21H,6-9,14H2,1-5H3,(H,25,27). The highest BCUT2D eigenvalue weighted by Gasteiger charge is 2.48. The fraction of sp³-hybridized carbons (Fsp3) is 0.625. The van der Waals surface area contributed by atoms with Crippen molar-refractivity contribution in [2.45, 2.75) is 71.8 Å². The van der Waals surface area contributed by atoms with Gasteiger partial charge in [-0.1, -0.05) is 71.7 Å². The van der Waals surface area contributed by atoms with Gasteiger partial charge in [-0.2, -0.15) is 0 Å². The molecule has 1 saturated heterocycles. The number of nitrogens with one attached hydrogen (secondary N) is 1. The van der Waals surface area contributed by atoms with Gasteiger partial charge in [0.25, 0.3) is 0 Å². The Labute approximate surface area is 174 Å². The molecule has 0 radical (unpaired) electrons. The fourth-order valence-electron chi connectivity index (χ4n) is 4.57. The molecule has 3 unspecified atom stereocenters. The maximum Gasteiger partial charge on any atom is 0.240 e. The molecule has 2 aliphatic rings. The van der Waals surface area contributed by atoms with Crippen LogP contribution in [0.2, 0.25) is 0 Å². The van der Waals surface area contributed by atoms with E-state index in [1.807, 2.05) is 0 Å². The van der Waals surface area contributed by atoms with E-state index in [1.54, 1.807) is 0 Å². The second kappa shape index (κ2) is 8.29. The first kappa shape index (κ1) is 21.5. The number of hydrogen-bond donors (Lipinski definition) is 1. The van der Waals surface area contributed by atoms with Crippen molar-refractivity contribution in [3.05, 3.63) is 35.4 Å². The zero-order valence-corrected chi connectivity index (χ0v) is 18.3. The van der Waals surface area contributed by atoms with Gasteiger partial charge in [-0.05, 0) is 35.3 Å². The van der Waals surface area contributed by atoms with Crippen LogP contribution in [0, 0.1) is 17.8 Å². The van der Waals surface area contributed by atoms with Gasteiger partial charge in [0.2, 0.25) is 17.7 Å². The van der Waals surface area contributed by atoms with Crippen molar-refractivity contribution in [2.24, 2.45) is 17.8 Å². The smallest absolute Gasteiger partial charge is 0.240 e. The van der Waals surface area contributed by atoms with Crippen LogP contribution in [0.4, 0.5) is 0 Å². The van der Waals surface area contributed by atoms with Crippen molar-refractivity contribution in [1.82, 2.24) is 10.2 Å². The molecule has 3 rings (SSSR count). The molecule has 5 nitrogen and oxygen atoms in total. The minimum absolute atomic E-state index is 0.0718. The molecule has 3 amide bonds. The number of fused-ring (bicyclic) bond motifs is 1. The predicted molar refractivity (Wildman–Crippen MR) is 113 cm³/mol. The van der Waals surface area contributed by atoms with Crippen LogP contribution in [0.15, 0.2) is 24.3 Å². The lowest BCUT2D eigenvalue weighted by Crippen LogP contribution is -2.43. The molecule has 0 aromatic heterocycles. The maximum atomic E-state index is 12.8. The Morgan fingerprint density at radius 2 is 1.55 bits per heavy atom. The second-order valence-electron chi connectivity index (χ2n) is 9.92. The summed E-state index contributed by atoms with van der Waals surface area (Å²) in [6.07, 6.45) is 3.50. The quantitative estimate of drug-likeness (QED) is 0.763. The number of nitrogens with zero attached hydrogens (tertiary/aromatic N) is 1. The number of carbonyl (C=O) groups excluding carboxylic acids is 3. The third-order valence-electron chi connectivity index (χ3n) is 6.35. The summed E-state index contributed by atoms with van der Waals surface area (Å²) < 4.78 is 0. The third-order valence-corrected chi connectivity index (χ3v) is 6.35. The molecule has 1 aliphatic heterocycles. The van der Waals surface area contributed by atoms with Crippen LogP contribution in [-0.2, 0) is 19.8 Å². The summed E-state index contributed by atoms with van der Waals surface area (Å²) in [5.41, 5.74) is 2.35. The first-order valence-electron chi connectivity index (χ1n) is 10.8. The van der Waals surface area contributed by atoms with Gasteiger partial charge in [-0.3, -0.25) is 19.3 Å². The van der Waals surface area contributed by atoms with Crippen LogP contribution in [-0.4, -0.2) is 29.2 Å². The lowest BCUT2D eigenvalue weighted by molar-refractivity contribution is -0.143. The third kappa shape index (κ3) is 4.54. The summed E-state index contributed by atoms with van der Waals surface area (Å²) in [6.45, 7) is 10.5. The fourth-order valence-corrected chi connectivity index (χ4v) is 4.57. The second-order valence-corrected chi connectivity index (χ2v) is 9.92. The number of likely N-dealkylation sites (tertiary alicyclic amines) is 1. The van der Waals surface area contributed by atoms with Gasteiger partial charge in [-0.25, -0.2) is 0 Å². The van der Waals surface area contributed by atoms with Gasteiger partial charge in [0.15, 0.2) is 0 Å². The molecule has 0 bridgehead atoms. The molecule has 1 N–H and O–H groups in total. The minimum Gasteiger partial charge on any atom is -0.347 e. The molecule has 1 aromatic rings. The van der Waals surface area contributed by atoms with Crippen LogP contribution < -0.4 is 5.32 Å². The first-order valence-corrected chi connectivity index (χ1v) is 10.8. The van der Waals surface area contributed by atoms with Crippen LogP contribution >= 0.6 is 0 Å². The summed E-state index contributed by atoms with van der Waals surface area (Å²) >= 11 is 0. The number of imide groups is 1. The average Bonchev–Trinajstić information content (AvgIpc) is 2.90. The normalized spacial score (nSPS) is 23.3. The number of carbonyl (C=O) groups is 3. The van der Waals surface area contributed by atoms with E-state index < -0.39 is 0 Å². The van der Waals surface area contributed by atoms with Gasteiger partial charge in [0.1, 0.15) is 6.54 Å². The van der Waals surface area contributed by atoms with Crippen molar-refractivity contribution >= 4 is 17.7 Å². The molecule has 1 aromatic carbocycles. The summed E-state index contributed by atoms with van der Waals surface area (Å²) in [5.74, 6) is -0.836.